The molecule has 1 atom stereocenters. The molecule has 0 aliphatic heterocycles. The molecule has 0 radical (unpaired) electrons. The molecule has 1 aromatic heterocycles. The van der Waals surface area contributed by atoms with Crippen molar-refractivity contribution in [2.24, 2.45) is 0 Å². The summed E-state index contributed by atoms with van der Waals surface area (Å²) in [6, 6.07) is 5.41. The molecule has 2 rings (SSSR count). The Bertz CT molecular complexity index is 640. The Labute approximate surface area is 143 Å². The second-order valence-electron chi connectivity index (χ2n) is 6.76. The number of aliphatic hydroxyl groups excluding tert-OH is 1. The van der Waals surface area contributed by atoms with E-state index >= 15 is 0 Å². The lowest BCUT2D eigenvalue weighted by Crippen LogP contribution is -2.22. The van der Waals surface area contributed by atoms with Crippen molar-refractivity contribution in [3.8, 4) is 11.5 Å². The zero-order chi connectivity index (χ0) is 17.7. The Morgan fingerprint density at radius 2 is 1.79 bits per heavy atom. The van der Waals surface area contributed by atoms with Gasteiger partial charge >= 0.3 is 0 Å². The van der Waals surface area contributed by atoms with Gasteiger partial charge in [-0.1, -0.05) is 0 Å². The standard InChI is InChI=1S/C18H27N3O3/c1-18(2,3)21-12-13(10-20-21)9-19-11-17(22)14-6-15(23-4)8-16(7-14)24-5/h6-8,10,12,17,19,22H,9,11H2,1-5H3. The Hall–Kier alpha value is -2.05. The average Bonchev–Trinajstić information content (AvgIpc) is 3.03. The van der Waals surface area contributed by atoms with Crippen molar-refractivity contribution in [1.82, 2.24) is 15.1 Å². The Balaban J connectivity index is 1.93. The average molecular weight is 333 g/mol. The summed E-state index contributed by atoms with van der Waals surface area (Å²) >= 11 is 0. The molecular formula is C18H27N3O3. The highest BCUT2D eigenvalue weighted by Gasteiger charge is 2.14. The summed E-state index contributed by atoms with van der Waals surface area (Å²) in [5.41, 5.74) is 1.80. The van der Waals surface area contributed by atoms with Crippen molar-refractivity contribution in [1.29, 1.82) is 0 Å². The van der Waals surface area contributed by atoms with Gasteiger partial charge in [0.25, 0.3) is 0 Å². The highest BCUT2D eigenvalue weighted by molar-refractivity contribution is 5.39. The number of aromatic nitrogens is 2. The van der Waals surface area contributed by atoms with Gasteiger partial charge in [-0.2, -0.15) is 5.10 Å². The van der Waals surface area contributed by atoms with Gasteiger partial charge < -0.3 is 19.9 Å². The highest BCUT2D eigenvalue weighted by atomic mass is 16.5. The van der Waals surface area contributed by atoms with E-state index in [1.54, 1.807) is 20.3 Å². The fourth-order valence-corrected chi connectivity index (χ4v) is 2.31. The van der Waals surface area contributed by atoms with Gasteiger partial charge in [-0.25, -0.2) is 0 Å². The predicted molar refractivity (Wildman–Crippen MR) is 93.4 cm³/mol. The summed E-state index contributed by atoms with van der Waals surface area (Å²) < 4.78 is 12.4. The third-order valence-corrected chi connectivity index (χ3v) is 3.75. The second-order valence-corrected chi connectivity index (χ2v) is 6.76. The number of rotatable bonds is 7. The smallest absolute Gasteiger partial charge is 0.122 e. The normalized spacial score (nSPS) is 12.9. The zero-order valence-corrected chi connectivity index (χ0v) is 15.0. The Morgan fingerprint density at radius 1 is 1.17 bits per heavy atom. The van der Waals surface area contributed by atoms with Crippen LogP contribution in [0.5, 0.6) is 11.5 Å². The van der Waals surface area contributed by atoms with E-state index in [0.29, 0.717) is 24.6 Å². The summed E-state index contributed by atoms with van der Waals surface area (Å²) in [4.78, 5) is 0. The largest absolute Gasteiger partial charge is 0.497 e. The number of benzene rings is 1. The third kappa shape index (κ3) is 4.72. The molecule has 1 heterocycles. The molecule has 0 saturated heterocycles. The molecule has 0 aliphatic carbocycles. The molecule has 6 nitrogen and oxygen atoms in total. The lowest BCUT2D eigenvalue weighted by atomic mass is 10.1. The molecule has 0 amide bonds. The number of hydrogen-bond donors (Lipinski definition) is 2. The minimum absolute atomic E-state index is 0.0328. The first-order valence-corrected chi connectivity index (χ1v) is 7.99. The first-order chi connectivity index (χ1) is 11.3. The number of methoxy groups -OCH3 is 2. The van der Waals surface area contributed by atoms with E-state index in [2.05, 4.69) is 31.2 Å². The zero-order valence-electron chi connectivity index (χ0n) is 15.0. The van der Waals surface area contributed by atoms with Crippen LogP contribution in [0.2, 0.25) is 0 Å². The van der Waals surface area contributed by atoms with Gasteiger partial charge in [0.05, 0.1) is 32.1 Å². The number of nitrogens with zero attached hydrogens (tertiary/aromatic N) is 2. The molecule has 1 aromatic carbocycles. The third-order valence-electron chi connectivity index (χ3n) is 3.75. The summed E-state index contributed by atoms with van der Waals surface area (Å²) in [6.45, 7) is 7.40. The molecule has 0 spiro atoms. The van der Waals surface area contributed by atoms with Crippen LogP contribution in [0.15, 0.2) is 30.6 Å². The molecule has 0 fully saturated rings. The topological polar surface area (TPSA) is 68.5 Å². The maximum atomic E-state index is 10.4. The van der Waals surface area contributed by atoms with Gasteiger partial charge in [-0.05, 0) is 38.5 Å². The van der Waals surface area contributed by atoms with Crippen LogP contribution < -0.4 is 14.8 Å². The maximum Gasteiger partial charge on any atom is 0.122 e. The SMILES string of the molecule is COc1cc(OC)cc(C(O)CNCc2cnn(C(C)(C)C)c2)c1. The first-order valence-electron chi connectivity index (χ1n) is 7.99. The van der Waals surface area contributed by atoms with Gasteiger partial charge in [0, 0.05) is 30.9 Å². The van der Waals surface area contributed by atoms with Crippen LogP contribution in [0.1, 0.15) is 38.0 Å². The van der Waals surface area contributed by atoms with Crippen LogP contribution in [0.4, 0.5) is 0 Å². The van der Waals surface area contributed by atoms with E-state index < -0.39 is 6.10 Å². The molecule has 2 N–H and O–H groups in total. The summed E-state index contributed by atoms with van der Waals surface area (Å²) in [7, 11) is 3.19. The molecule has 0 aliphatic rings. The Kier molecular flexibility index (Phi) is 5.85. The maximum absolute atomic E-state index is 10.4. The van der Waals surface area contributed by atoms with Crippen LogP contribution in [0, 0.1) is 0 Å². The van der Waals surface area contributed by atoms with E-state index in [0.717, 1.165) is 11.1 Å². The number of nitrogens with one attached hydrogen (secondary N) is 1. The minimum Gasteiger partial charge on any atom is -0.497 e. The molecule has 1 unspecified atom stereocenters. The van der Waals surface area contributed by atoms with Gasteiger partial charge in [-0.15, -0.1) is 0 Å². The van der Waals surface area contributed by atoms with Crippen molar-refractivity contribution in [2.45, 2.75) is 39.0 Å². The van der Waals surface area contributed by atoms with E-state index in [9.17, 15) is 5.11 Å². The van der Waals surface area contributed by atoms with E-state index in [4.69, 9.17) is 9.47 Å². The van der Waals surface area contributed by atoms with Gasteiger partial charge in [0.15, 0.2) is 0 Å². The quantitative estimate of drug-likeness (QED) is 0.815. The minimum atomic E-state index is -0.647. The molecule has 0 bridgehead atoms. The van der Waals surface area contributed by atoms with Crippen molar-refractivity contribution >= 4 is 0 Å². The van der Waals surface area contributed by atoms with Gasteiger partial charge in [0.1, 0.15) is 11.5 Å². The second kappa shape index (κ2) is 7.68. The molecule has 24 heavy (non-hydrogen) atoms. The first kappa shape index (κ1) is 18.3. The van der Waals surface area contributed by atoms with Crippen molar-refractivity contribution in [3.05, 3.63) is 41.7 Å². The fraction of sp³-hybridized carbons (Fsp3) is 0.500. The van der Waals surface area contributed by atoms with Gasteiger partial charge in [0.2, 0.25) is 0 Å². The molecule has 0 saturated carbocycles. The van der Waals surface area contributed by atoms with Crippen LogP contribution in [-0.4, -0.2) is 35.7 Å². The number of ether oxygens (including phenoxy) is 2. The summed E-state index contributed by atoms with van der Waals surface area (Å²) in [5, 5.41) is 18.0. The highest BCUT2D eigenvalue weighted by Crippen LogP contribution is 2.26. The van der Waals surface area contributed by atoms with Crippen LogP contribution in [0.3, 0.4) is 0 Å². The van der Waals surface area contributed by atoms with Crippen molar-refractivity contribution in [2.75, 3.05) is 20.8 Å². The number of hydrogen-bond acceptors (Lipinski definition) is 5. The van der Waals surface area contributed by atoms with Gasteiger partial charge in [-0.3, -0.25) is 4.68 Å². The lowest BCUT2D eigenvalue weighted by molar-refractivity contribution is 0.173. The van der Waals surface area contributed by atoms with Crippen LogP contribution in [-0.2, 0) is 12.1 Å². The van der Waals surface area contributed by atoms with Crippen LogP contribution in [0.25, 0.3) is 0 Å². The van der Waals surface area contributed by atoms with Crippen molar-refractivity contribution < 1.29 is 14.6 Å². The molecule has 2 aromatic rings. The predicted octanol–water partition coefficient (Wildman–Crippen LogP) is 2.48. The summed E-state index contributed by atoms with van der Waals surface area (Å²) in [5.74, 6) is 1.32. The van der Waals surface area contributed by atoms with Crippen LogP contribution >= 0.6 is 0 Å². The number of aliphatic hydroxyl groups is 1. The monoisotopic (exact) mass is 333 g/mol. The summed E-state index contributed by atoms with van der Waals surface area (Å²) in [6.07, 6.45) is 3.22. The molecule has 6 heteroatoms. The van der Waals surface area contributed by atoms with E-state index in [-0.39, 0.29) is 5.54 Å². The fourth-order valence-electron chi connectivity index (χ4n) is 2.31. The lowest BCUT2D eigenvalue weighted by Gasteiger charge is -2.18. The molecular weight excluding hydrogens is 306 g/mol. The molecule has 132 valence electrons. The van der Waals surface area contributed by atoms with E-state index in [1.807, 2.05) is 29.2 Å². The van der Waals surface area contributed by atoms with Crippen molar-refractivity contribution in [3.63, 3.8) is 0 Å². The Morgan fingerprint density at radius 3 is 2.29 bits per heavy atom. The van der Waals surface area contributed by atoms with E-state index in [1.165, 1.54) is 0 Å².